The van der Waals surface area contributed by atoms with Gasteiger partial charge in [0.2, 0.25) is 5.76 Å². The van der Waals surface area contributed by atoms with Gasteiger partial charge in [-0.2, -0.15) is 0 Å². The van der Waals surface area contributed by atoms with Crippen LogP contribution in [0.3, 0.4) is 0 Å². The lowest BCUT2D eigenvalue weighted by molar-refractivity contribution is 0.0696. The summed E-state index contributed by atoms with van der Waals surface area (Å²) in [4.78, 5) is 25.1. The zero-order valence-corrected chi connectivity index (χ0v) is 11.5. The van der Waals surface area contributed by atoms with E-state index in [0.717, 1.165) is 24.1 Å². The van der Waals surface area contributed by atoms with Crippen LogP contribution in [0.2, 0.25) is 0 Å². The summed E-state index contributed by atoms with van der Waals surface area (Å²) >= 11 is 0. The van der Waals surface area contributed by atoms with Crippen LogP contribution < -0.4 is 4.90 Å². The van der Waals surface area contributed by atoms with Crippen molar-refractivity contribution >= 4 is 17.6 Å². The molecule has 108 valence electrons. The van der Waals surface area contributed by atoms with Gasteiger partial charge in [0, 0.05) is 18.3 Å². The zero-order valence-electron chi connectivity index (χ0n) is 11.5. The number of rotatable bonds is 2. The van der Waals surface area contributed by atoms with E-state index < -0.39 is 5.97 Å². The molecule has 0 fully saturated rings. The van der Waals surface area contributed by atoms with Gasteiger partial charge in [0.05, 0.1) is 11.3 Å². The van der Waals surface area contributed by atoms with Crippen LogP contribution in [0.5, 0.6) is 0 Å². The molecule has 2 aromatic rings. The molecular weight excluding hydrogens is 272 g/mol. The fourth-order valence-corrected chi connectivity index (χ4v) is 2.54. The third kappa shape index (κ3) is 2.40. The summed E-state index contributed by atoms with van der Waals surface area (Å²) in [7, 11) is 0. The van der Waals surface area contributed by atoms with Gasteiger partial charge in [0.15, 0.2) is 0 Å². The summed E-state index contributed by atoms with van der Waals surface area (Å²) in [6, 6.07) is 6.42. The van der Waals surface area contributed by atoms with Crippen LogP contribution in [-0.2, 0) is 6.42 Å². The second-order valence-corrected chi connectivity index (χ2v) is 5.04. The maximum absolute atomic E-state index is 12.5. The highest BCUT2D eigenvalue weighted by atomic mass is 16.5. The highest BCUT2D eigenvalue weighted by Crippen LogP contribution is 2.29. The zero-order chi connectivity index (χ0) is 15.0. The number of carbonyl (C=O) groups excluding carboxylic acids is 1. The van der Waals surface area contributed by atoms with Crippen LogP contribution in [-0.4, -0.2) is 28.7 Å². The van der Waals surface area contributed by atoms with Crippen molar-refractivity contribution in [1.29, 1.82) is 0 Å². The topological polar surface area (TPSA) is 83.6 Å². The summed E-state index contributed by atoms with van der Waals surface area (Å²) in [5, 5.41) is 12.8. The predicted octanol–water partition coefficient (Wildman–Crippen LogP) is 2.27. The van der Waals surface area contributed by atoms with E-state index in [1.165, 1.54) is 6.07 Å². The lowest BCUT2D eigenvalue weighted by Crippen LogP contribution is -2.35. The molecule has 1 amide bonds. The largest absolute Gasteiger partial charge is 0.478 e. The molecule has 0 atom stereocenters. The van der Waals surface area contributed by atoms with E-state index in [1.54, 1.807) is 30.0 Å². The van der Waals surface area contributed by atoms with Crippen LogP contribution in [0.25, 0.3) is 0 Å². The average molecular weight is 286 g/mol. The Labute approximate surface area is 121 Å². The minimum Gasteiger partial charge on any atom is -0.478 e. The highest BCUT2D eigenvalue weighted by Gasteiger charge is 2.26. The lowest BCUT2D eigenvalue weighted by atomic mass is 9.99. The van der Waals surface area contributed by atoms with Gasteiger partial charge in [-0.15, -0.1) is 0 Å². The summed E-state index contributed by atoms with van der Waals surface area (Å²) in [6.45, 7) is 2.33. The van der Waals surface area contributed by atoms with Crippen LogP contribution in [0, 0.1) is 6.92 Å². The average Bonchev–Trinajstić information content (AvgIpc) is 2.91. The number of fused-ring (bicyclic) bond motifs is 1. The standard InChI is InChI=1S/C15H14N2O4/c1-9-7-13(21-16-9)14(18)17-6-2-3-10-8-11(15(19)20)4-5-12(10)17/h4-5,7-8H,2-3,6H2,1H3,(H,19,20). The SMILES string of the molecule is Cc1cc(C(=O)N2CCCc3cc(C(=O)O)ccc32)on1. The number of anilines is 1. The number of aromatic nitrogens is 1. The quantitative estimate of drug-likeness (QED) is 0.915. The van der Waals surface area contributed by atoms with Gasteiger partial charge in [-0.25, -0.2) is 4.79 Å². The number of aryl methyl sites for hydroxylation is 2. The molecule has 0 bridgehead atoms. The lowest BCUT2D eigenvalue weighted by Gasteiger charge is -2.28. The van der Waals surface area contributed by atoms with Crippen molar-refractivity contribution in [2.75, 3.05) is 11.4 Å². The molecule has 0 saturated carbocycles. The third-order valence-corrected chi connectivity index (χ3v) is 3.53. The predicted molar refractivity (Wildman–Crippen MR) is 74.6 cm³/mol. The molecule has 1 aromatic heterocycles. The highest BCUT2D eigenvalue weighted by molar-refractivity contribution is 6.05. The molecule has 3 rings (SSSR count). The Bertz CT molecular complexity index is 720. The second kappa shape index (κ2) is 5.05. The number of carboxylic acids is 1. The molecule has 0 unspecified atom stereocenters. The number of carboxylic acid groups (broad SMARTS) is 1. The van der Waals surface area contributed by atoms with Gasteiger partial charge in [-0.1, -0.05) is 5.16 Å². The van der Waals surface area contributed by atoms with Crippen LogP contribution in [0.4, 0.5) is 5.69 Å². The first-order valence-electron chi connectivity index (χ1n) is 6.67. The molecule has 2 heterocycles. The molecule has 6 heteroatoms. The van der Waals surface area contributed by atoms with E-state index in [2.05, 4.69) is 5.16 Å². The maximum atomic E-state index is 12.5. The van der Waals surface area contributed by atoms with E-state index in [4.69, 9.17) is 9.63 Å². The number of benzene rings is 1. The maximum Gasteiger partial charge on any atom is 0.335 e. The van der Waals surface area contributed by atoms with Gasteiger partial charge < -0.3 is 14.5 Å². The number of amides is 1. The number of aromatic carboxylic acids is 1. The van der Waals surface area contributed by atoms with Crippen molar-refractivity contribution in [2.45, 2.75) is 19.8 Å². The van der Waals surface area contributed by atoms with Gasteiger partial charge in [-0.3, -0.25) is 4.79 Å². The minimum atomic E-state index is -0.966. The van der Waals surface area contributed by atoms with E-state index in [0.29, 0.717) is 12.2 Å². The Balaban J connectivity index is 1.97. The molecule has 21 heavy (non-hydrogen) atoms. The van der Waals surface area contributed by atoms with Crippen LogP contribution in [0.15, 0.2) is 28.8 Å². The van der Waals surface area contributed by atoms with Crippen molar-refractivity contribution in [3.05, 3.63) is 46.8 Å². The minimum absolute atomic E-state index is 0.197. The number of hydrogen-bond acceptors (Lipinski definition) is 4. The van der Waals surface area contributed by atoms with Crippen molar-refractivity contribution < 1.29 is 19.2 Å². The molecule has 1 aliphatic heterocycles. The first-order chi connectivity index (χ1) is 10.1. The van der Waals surface area contributed by atoms with Gasteiger partial charge in [-0.05, 0) is 43.5 Å². The van der Waals surface area contributed by atoms with Crippen molar-refractivity contribution in [2.24, 2.45) is 0 Å². The summed E-state index contributed by atoms with van der Waals surface area (Å²) in [5.74, 6) is -1.02. The fourth-order valence-electron chi connectivity index (χ4n) is 2.54. The first kappa shape index (κ1) is 13.4. The summed E-state index contributed by atoms with van der Waals surface area (Å²) in [5.41, 5.74) is 2.49. The van der Waals surface area contributed by atoms with E-state index in [9.17, 15) is 9.59 Å². The normalized spacial score (nSPS) is 13.9. The van der Waals surface area contributed by atoms with E-state index in [-0.39, 0.29) is 17.2 Å². The van der Waals surface area contributed by atoms with Gasteiger partial charge >= 0.3 is 5.97 Å². The Kier molecular flexibility index (Phi) is 3.21. The number of hydrogen-bond donors (Lipinski definition) is 1. The molecular formula is C15H14N2O4. The summed E-state index contributed by atoms with van der Waals surface area (Å²) < 4.78 is 5.02. The van der Waals surface area contributed by atoms with Crippen molar-refractivity contribution in [3.63, 3.8) is 0 Å². The Hall–Kier alpha value is -2.63. The Morgan fingerprint density at radius 1 is 1.33 bits per heavy atom. The molecule has 1 N–H and O–H groups in total. The smallest absolute Gasteiger partial charge is 0.335 e. The Morgan fingerprint density at radius 2 is 2.14 bits per heavy atom. The van der Waals surface area contributed by atoms with Gasteiger partial charge in [0.1, 0.15) is 0 Å². The fraction of sp³-hybridized carbons (Fsp3) is 0.267. The molecule has 1 aliphatic rings. The molecule has 0 saturated heterocycles. The monoisotopic (exact) mass is 286 g/mol. The molecule has 6 nitrogen and oxygen atoms in total. The molecule has 0 spiro atoms. The molecule has 0 aliphatic carbocycles. The Morgan fingerprint density at radius 3 is 2.81 bits per heavy atom. The van der Waals surface area contributed by atoms with E-state index in [1.807, 2.05) is 0 Å². The van der Waals surface area contributed by atoms with Crippen molar-refractivity contribution in [3.8, 4) is 0 Å². The van der Waals surface area contributed by atoms with E-state index >= 15 is 0 Å². The number of carbonyl (C=O) groups is 2. The first-order valence-corrected chi connectivity index (χ1v) is 6.67. The van der Waals surface area contributed by atoms with Gasteiger partial charge in [0.25, 0.3) is 5.91 Å². The van der Waals surface area contributed by atoms with Crippen LogP contribution >= 0.6 is 0 Å². The molecule has 0 radical (unpaired) electrons. The second-order valence-electron chi connectivity index (χ2n) is 5.04. The number of nitrogens with zero attached hydrogens (tertiary/aromatic N) is 2. The van der Waals surface area contributed by atoms with Crippen molar-refractivity contribution in [1.82, 2.24) is 5.16 Å². The summed E-state index contributed by atoms with van der Waals surface area (Å²) in [6.07, 6.45) is 1.55. The molecule has 1 aromatic carbocycles. The van der Waals surface area contributed by atoms with Crippen LogP contribution in [0.1, 0.15) is 38.6 Å². The third-order valence-electron chi connectivity index (χ3n) is 3.53.